The molecule has 0 saturated carbocycles. The van der Waals surface area contributed by atoms with E-state index in [0.717, 1.165) is 18.8 Å². The number of rotatable bonds is 4. The summed E-state index contributed by atoms with van der Waals surface area (Å²) >= 11 is 0. The van der Waals surface area contributed by atoms with Crippen LogP contribution < -0.4 is 10.6 Å². The van der Waals surface area contributed by atoms with Crippen LogP contribution >= 0.6 is 0 Å². The van der Waals surface area contributed by atoms with Crippen molar-refractivity contribution in [1.29, 1.82) is 0 Å². The van der Waals surface area contributed by atoms with Crippen LogP contribution in [0.1, 0.15) is 12.8 Å². The molecular formula is C12H18N2O2S. The van der Waals surface area contributed by atoms with E-state index in [0.29, 0.717) is 10.9 Å². The third-order valence-electron chi connectivity index (χ3n) is 3.00. The number of hydrogen-bond acceptors (Lipinski definition) is 4. The highest BCUT2D eigenvalue weighted by Crippen LogP contribution is 2.14. The zero-order valence-electron chi connectivity index (χ0n) is 9.94. The van der Waals surface area contributed by atoms with Crippen LogP contribution in [-0.2, 0) is 9.84 Å². The Balaban J connectivity index is 1.94. The molecule has 0 radical (unpaired) electrons. The van der Waals surface area contributed by atoms with Gasteiger partial charge in [-0.25, -0.2) is 8.42 Å². The monoisotopic (exact) mass is 254 g/mol. The molecule has 1 heterocycles. The Labute approximate surface area is 102 Å². The van der Waals surface area contributed by atoms with Crippen LogP contribution in [0.4, 0.5) is 5.69 Å². The van der Waals surface area contributed by atoms with Gasteiger partial charge < -0.3 is 10.6 Å². The van der Waals surface area contributed by atoms with E-state index in [9.17, 15) is 8.42 Å². The summed E-state index contributed by atoms with van der Waals surface area (Å²) in [6, 6.07) is 7.43. The lowest BCUT2D eigenvalue weighted by atomic mass is 10.2. The number of nitrogens with one attached hydrogen (secondary N) is 2. The molecule has 1 fully saturated rings. The maximum atomic E-state index is 11.3. The number of anilines is 1. The lowest BCUT2D eigenvalue weighted by molar-refractivity contribution is 0.602. The molecular weight excluding hydrogens is 236 g/mol. The normalized spacial score (nSPS) is 20.4. The average Bonchev–Trinajstić information content (AvgIpc) is 2.78. The van der Waals surface area contributed by atoms with Crippen LogP contribution in [0.2, 0.25) is 0 Å². The van der Waals surface area contributed by atoms with Gasteiger partial charge in [0.25, 0.3) is 0 Å². The minimum Gasteiger partial charge on any atom is -0.383 e. The Bertz CT molecular complexity index is 462. The molecule has 1 aliphatic heterocycles. The van der Waals surface area contributed by atoms with Gasteiger partial charge in [0.1, 0.15) is 0 Å². The van der Waals surface area contributed by atoms with Gasteiger partial charge in [-0.3, -0.25) is 0 Å². The molecule has 1 unspecified atom stereocenters. The number of hydrogen-bond donors (Lipinski definition) is 2. The van der Waals surface area contributed by atoms with Crippen molar-refractivity contribution in [2.24, 2.45) is 0 Å². The summed E-state index contributed by atoms with van der Waals surface area (Å²) in [6.45, 7) is 1.98. The number of benzene rings is 1. The maximum absolute atomic E-state index is 11.3. The van der Waals surface area contributed by atoms with E-state index in [-0.39, 0.29) is 0 Å². The fraction of sp³-hybridized carbons (Fsp3) is 0.500. The highest BCUT2D eigenvalue weighted by atomic mass is 32.2. The zero-order valence-corrected chi connectivity index (χ0v) is 10.8. The molecule has 0 bridgehead atoms. The summed E-state index contributed by atoms with van der Waals surface area (Å²) in [5, 5.41) is 6.71. The van der Waals surface area contributed by atoms with Gasteiger partial charge in [-0.2, -0.15) is 0 Å². The van der Waals surface area contributed by atoms with Gasteiger partial charge >= 0.3 is 0 Å². The number of sulfone groups is 1. The maximum Gasteiger partial charge on any atom is 0.175 e. The summed E-state index contributed by atoms with van der Waals surface area (Å²) in [5.74, 6) is 0. The predicted molar refractivity (Wildman–Crippen MR) is 69.1 cm³/mol. The Hall–Kier alpha value is -1.07. The molecule has 4 nitrogen and oxygen atoms in total. The Kier molecular flexibility index (Phi) is 3.69. The second-order valence-electron chi connectivity index (χ2n) is 4.47. The van der Waals surface area contributed by atoms with Gasteiger partial charge in [-0.1, -0.05) is 0 Å². The third-order valence-corrected chi connectivity index (χ3v) is 4.13. The second kappa shape index (κ2) is 5.06. The standard InChI is InChI=1S/C12H18N2O2S/c1-17(15,16)12-6-4-10(5-7-12)14-9-11-3-2-8-13-11/h4-7,11,13-14H,2-3,8-9H2,1H3. The van der Waals surface area contributed by atoms with Gasteiger partial charge in [-0.05, 0) is 43.7 Å². The van der Waals surface area contributed by atoms with Crippen molar-refractivity contribution < 1.29 is 8.42 Å². The topological polar surface area (TPSA) is 58.2 Å². The van der Waals surface area contributed by atoms with E-state index >= 15 is 0 Å². The first kappa shape index (κ1) is 12.4. The summed E-state index contributed by atoms with van der Waals surface area (Å²) in [7, 11) is -3.09. The van der Waals surface area contributed by atoms with Gasteiger partial charge in [0, 0.05) is 24.5 Å². The van der Waals surface area contributed by atoms with E-state index in [2.05, 4.69) is 10.6 Å². The molecule has 17 heavy (non-hydrogen) atoms. The van der Waals surface area contributed by atoms with Crippen LogP contribution in [0.3, 0.4) is 0 Å². The van der Waals surface area contributed by atoms with Crippen LogP contribution in [0.25, 0.3) is 0 Å². The molecule has 0 aliphatic carbocycles. The molecule has 94 valence electrons. The van der Waals surface area contributed by atoms with Crippen LogP contribution in [0.15, 0.2) is 29.2 Å². The molecule has 2 N–H and O–H groups in total. The second-order valence-corrected chi connectivity index (χ2v) is 6.49. The van der Waals surface area contributed by atoms with E-state index in [1.165, 1.54) is 19.1 Å². The smallest absolute Gasteiger partial charge is 0.175 e. The fourth-order valence-electron chi connectivity index (χ4n) is 1.99. The van der Waals surface area contributed by atoms with E-state index < -0.39 is 9.84 Å². The lowest BCUT2D eigenvalue weighted by Crippen LogP contribution is -2.29. The molecule has 5 heteroatoms. The van der Waals surface area contributed by atoms with Crippen molar-refractivity contribution in [2.45, 2.75) is 23.8 Å². The van der Waals surface area contributed by atoms with E-state index in [1.807, 2.05) is 12.1 Å². The van der Waals surface area contributed by atoms with Crippen molar-refractivity contribution in [3.05, 3.63) is 24.3 Å². The Morgan fingerprint density at radius 1 is 1.35 bits per heavy atom. The van der Waals surface area contributed by atoms with Crippen LogP contribution in [0.5, 0.6) is 0 Å². The van der Waals surface area contributed by atoms with Gasteiger partial charge in [-0.15, -0.1) is 0 Å². The predicted octanol–water partition coefficient (Wildman–Crippen LogP) is 1.25. The SMILES string of the molecule is CS(=O)(=O)c1ccc(NCC2CCCN2)cc1. The van der Waals surface area contributed by atoms with Crippen molar-refractivity contribution >= 4 is 15.5 Å². The molecule has 1 atom stereocenters. The Morgan fingerprint density at radius 3 is 2.59 bits per heavy atom. The van der Waals surface area contributed by atoms with Gasteiger partial charge in [0.2, 0.25) is 0 Å². The van der Waals surface area contributed by atoms with Crippen LogP contribution in [0, 0.1) is 0 Å². The highest BCUT2D eigenvalue weighted by molar-refractivity contribution is 7.90. The van der Waals surface area contributed by atoms with E-state index in [1.54, 1.807) is 12.1 Å². The van der Waals surface area contributed by atoms with Crippen molar-refractivity contribution in [1.82, 2.24) is 5.32 Å². The van der Waals surface area contributed by atoms with E-state index in [4.69, 9.17) is 0 Å². The molecule has 0 spiro atoms. The fourth-order valence-corrected chi connectivity index (χ4v) is 2.62. The van der Waals surface area contributed by atoms with Crippen LogP contribution in [-0.4, -0.2) is 33.8 Å². The molecule has 0 amide bonds. The first-order valence-electron chi connectivity index (χ1n) is 5.83. The van der Waals surface area contributed by atoms with Crippen molar-refractivity contribution in [2.75, 3.05) is 24.7 Å². The molecule has 1 saturated heterocycles. The summed E-state index contributed by atoms with van der Waals surface area (Å²) in [4.78, 5) is 0.363. The highest BCUT2D eigenvalue weighted by Gasteiger charge is 2.13. The first-order chi connectivity index (χ1) is 8.05. The molecule has 1 aromatic carbocycles. The van der Waals surface area contributed by atoms with Gasteiger partial charge in [0.05, 0.1) is 4.90 Å². The minimum absolute atomic E-state index is 0.363. The molecule has 2 rings (SSSR count). The molecule has 1 aliphatic rings. The molecule has 1 aromatic rings. The quantitative estimate of drug-likeness (QED) is 0.849. The third kappa shape index (κ3) is 3.44. The lowest BCUT2D eigenvalue weighted by Gasteiger charge is -2.12. The van der Waals surface area contributed by atoms with Crippen molar-refractivity contribution in [3.8, 4) is 0 Å². The average molecular weight is 254 g/mol. The summed E-state index contributed by atoms with van der Waals surface area (Å²) in [5.41, 5.74) is 0.964. The Morgan fingerprint density at radius 2 is 2.06 bits per heavy atom. The largest absolute Gasteiger partial charge is 0.383 e. The first-order valence-corrected chi connectivity index (χ1v) is 7.72. The summed E-state index contributed by atoms with van der Waals surface area (Å²) in [6.07, 6.45) is 3.66. The van der Waals surface area contributed by atoms with Gasteiger partial charge in [0.15, 0.2) is 9.84 Å². The summed E-state index contributed by atoms with van der Waals surface area (Å²) < 4.78 is 22.6. The zero-order chi connectivity index (χ0) is 12.3. The van der Waals surface area contributed by atoms with Crippen molar-refractivity contribution in [3.63, 3.8) is 0 Å². The molecule has 0 aromatic heterocycles. The minimum atomic E-state index is -3.09.